The number of ether oxygens (including phenoxy) is 1. The lowest BCUT2D eigenvalue weighted by Gasteiger charge is -2.08. The van der Waals surface area contributed by atoms with Gasteiger partial charge in [-0.25, -0.2) is 0 Å². The maximum absolute atomic E-state index is 8.86. The molecule has 0 radical (unpaired) electrons. The Morgan fingerprint density at radius 1 is 1.50 bits per heavy atom. The van der Waals surface area contributed by atoms with Crippen LogP contribution >= 0.6 is 0 Å². The van der Waals surface area contributed by atoms with Gasteiger partial charge in [-0.15, -0.1) is 0 Å². The van der Waals surface area contributed by atoms with Gasteiger partial charge >= 0.3 is 0 Å². The van der Waals surface area contributed by atoms with Crippen LogP contribution in [-0.4, -0.2) is 19.8 Å². The number of rotatable bonds is 6. The van der Waals surface area contributed by atoms with Crippen LogP contribution in [0.15, 0.2) is 36.4 Å². The van der Waals surface area contributed by atoms with Gasteiger partial charge in [-0.1, -0.05) is 24.3 Å². The summed E-state index contributed by atoms with van der Waals surface area (Å²) in [5, 5.41) is 12.0. The zero-order chi connectivity index (χ0) is 11.8. The van der Waals surface area contributed by atoms with E-state index in [0.29, 0.717) is 25.3 Å². The molecule has 16 heavy (non-hydrogen) atoms. The summed E-state index contributed by atoms with van der Waals surface area (Å²) in [5.41, 5.74) is 2.52. The maximum atomic E-state index is 8.86. The molecule has 0 spiro atoms. The number of nitriles is 1. The number of hydrogen-bond acceptors (Lipinski definition) is 3. The van der Waals surface area contributed by atoms with Gasteiger partial charge in [-0.05, 0) is 19.1 Å². The van der Waals surface area contributed by atoms with Crippen LogP contribution in [0.25, 0.3) is 0 Å². The molecule has 0 aliphatic rings. The third-order valence-corrected chi connectivity index (χ3v) is 1.96. The van der Waals surface area contributed by atoms with Gasteiger partial charge in [-0.3, -0.25) is 0 Å². The SMILES string of the molecule is C=C(C)COCCNc1ccccc1C#N. The van der Waals surface area contributed by atoms with Gasteiger partial charge in [0.15, 0.2) is 0 Å². The molecule has 3 nitrogen and oxygen atoms in total. The lowest BCUT2D eigenvalue weighted by atomic mass is 10.2. The summed E-state index contributed by atoms with van der Waals surface area (Å²) < 4.78 is 5.35. The van der Waals surface area contributed by atoms with Crippen molar-refractivity contribution in [2.75, 3.05) is 25.1 Å². The van der Waals surface area contributed by atoms with Crippen LogP contribution in [0.1, 0.15) is 12.5 Å². The summed E-state index contributed by atoms with van der Waals surface area (Å²) in [5.74, 6) is 0. The van der Waals surface area contributed by atoms with Crippen LogP contribution in [0, 0.1) is 11.3 Å². The van der Waals surface area contributed by atoms with E-state index in [0.717, 1.165) is 11.3 Å². The smallest absolute Gasteiger partial charge is 0.101 e. The fourth-order valence-electron chi connectivity index (χ4n) is 1.24. The molecular weight excluding hydrogens is 200 g/mol. The molecule has 0 bridgehead atoms. The van der Waals surface area contributed by atoms with E-state index in [-0.39, 0.29) is 0 Å². The highest BCUT2D eigenvalue weighted by atomic mass is 16.5. The Bertz CT molecular complexity index is 393. The largest absolute Gasteiger partial charge is 0.382 e. The lowest BCUT2D eigenvalue weighted by molar-refractivity contribution is 0.167. The second kappa shape index (κ2) is 6.65. The molecule has 84 valence electrons. The summed E-state index contributed by atoms with van der Waals surface area (Å²) in [7, 11) is 0. The summed E-state index contributed by atoms with van der Waals surface area (Å²) >= 11 is 0. The molecule has 0 fully saturated rings. The van der Waals surface area contributed by atoms with E-state index in [1.807, 2.05) is 25.1 Å². The average Bonchev–Trinajstić information content (AvgIpc) is 2.29. The quantitative estimate of drug-likeness (QED) is 0.587. The van der Waals surface area contributed by atoms with Crippen molar-refractivity contribution < 1.29 is 4.74 Å². The molecule has 3 heteroatoms. The fraction of sp³-hybridized carbons (Fsp3) is 0.308. The Morgan fingerprint density at radius 2 is 2.25 bits per heavy atom. The van der Waals surface area contributed by atoms with Gasteiger partial charge in [0.05, 0.1) is 24.5 Å². The summed E-state index contributed by atoms with van der Waals surface area (Å²) in [6, 6.07) is 9.56. The van der Waals surface area contributed by atoms with E-state index in [2.05, 4.69) is 18.0 Å². The highest BCUT2D eigenvalue weighted by Crippen LogP contribution is 2.12. The summed E-state index contributed by atoms with van der Waals surface area (Å²) in [6.45, 7) is 7.55. The van der Waals surface area contributed by atoms with Crippen LogP contribution in [-0.2, 0) is 4.74 Å². The van der Waals surface area contributed by atoms with Crippen LogP contribution in [0.2, 0.25) is 0 Å². The van der Waals surface area contributed by atoms with Crippen molar-refractivity contribution in [2.45, 2.75) is 6.92 Å². The van der Waals surface area contributed by atoms with Crippen LogP contribution in [0.3, 0.4) is 0 Å². The molecule has 1 aromatic carbocycles. The van der Waals surface area contributed by atoms with Gasteiger partial charge in [0.1, 0.15) is 6.07 Å². The van der Waals surface area contributed by atoms with E-state index < -0.39 is 0 Å². The number of nitrogens with one attached hydrogen (secondary N) is 1. The topological polar surface area (TPSA) is 45.0 Å². The second-order valence-electron chi connectivity index (χ2n) is 3.59. The van der Waals surface area contributed by atoms with Gasteiger partial charge in [-0.2, -0.15) is 5.26 Å². The lowest BCUT2D eigenvalue weighted by Crippen LogP contribution is -2.10. The number of hydrogen-bond donors (Lipinski definition) is 1. The fourth-order valence-corrected chi connectivity index (χ4v) is 1.24. The molecule has 0 saturated heterocycles. The van der Waals surface area contributed by atoms with Crippen LogP contribution in [0.4, 0.5) is 5.69 Å². The number of anilines is 1. The van der Waals surface area contributed by atoms with Crippen molar-refractivity contribution in [1.29, 1.82) is 5.26 Å². The monoisotopic (exact) mass is 216 g/mol. The predicted octanol–water partition coefficient (Wildman–Crippen LogP) is 2.56. The number of nitrogens with zero attached hydrogens (tertiary/aromatic N) is 1. The minimum atomic E-state index is 0.585. The first-order valence-electron chi connectivity index (χ1n) is 5.19. The van der Waals surface area contributed by atoms with Gasteiger partial charge in [0.25, 0.3) is 0 Å². The Labute approximate surface area is 96.4 Å². The Morgan fingerprint density at radius 3 is 2.94 bits per heavy atom. The molecule has 0 aromatic heterocycles. The molecule has 1 rings (SSSR count). The highest BCUT2D eigenvalue weighted by Gasteiger charge is 1.98. The van der Waals surface area contributed by atoms with Crippen molar-refractivity contribution in [1.82, 2.24) is 0 Å². The minimum Gasteiger partial charge on any atom is -0.382 e. The van der Waals surface area contributed by atoms with Crippen LogP contribution in [0.5, 0.6) is 0 Å². The van der Waals surface area contributed by atoms with Crippen molar-refractivity contribution in [2.24, 2.45) is 0 Å². The zero-order valence-corrected chi connectivity index (χ0v) is 9.49. The first-order valence-corrected chi connectivity index (χ1v) is 5.19. The van der Waals surface area contributed by atoms with Crippen molar-refractivity contribution in [3.63, 3.8) is 0 Å². The van der Waals surface area contributed by atoms with E-state index in [1.165, 1.54) is 0 Å². The van der Waals surface area contributed by atoms with Gasteiger partial charge < -0.3 is 10.1 Å². The molecule has 0 aliphatic carbocycles. The van der Waals surface area contributed by atoms with Crippen molar-refractivity contribution in [3.8, 4) is 6.07 Å². The van der Waals surface area contributed by atoms with Gasteiger partial charge in [0.2, 0.25) is 0 Å². The molecule has 1 N–H and O–H groups in total. The first-order chi connectivity index (χ1) is 7.74. The molecule has 0 amide bonds. The molecule has 0 unspecified atom stereocenters. The molecule has 0 saturated carbocycles. The molecule has 0 heterocycles. The molecular formula is C13H16N2O. The molecule has 1 aromatic rings. The third kappa shape index (κ3) is 4.16. The van der Waals surface area contributed by atoms with Gasteiger partial charge in [0, 0.05) is 6.54 Å². The number of benzene rings is 1. The van der Waals surface area contributed by atoms with Crippen molar-refractivity contribution in [3.05, 3.63) is 42.0 Å². The Kier molecular flexibility index (Phi) is 5.10. The van der Waals surface area contributed by atoms with E-state index >= 15 is 0 Å². The molecule has 0 atom stereocenters. The highest BCUT2D eigenvalue weighted by molar-refractivity contribution is 5.56. The summed E-state index contributed by atoms with van der Waals surface area (Å²) in [4.78, 5) is 0. The Balaban J connectivity index is 2.32. The minimum absolute atomic E-state index is 0.585. The zero-order valence-electron chi connectivity index (χ0n) is 9.49. The Hall–Kier alpha value is -1.79. The third-order valence-electron chi connectivity index (χ3n) is 1.96. The standard InChI is InChI=1S/C13H16N2O/c1-11(2)10-16-8-7-15-13-6-4-3-5-12(13)9-14/h3-6,15H,1,7-8,10H2,2H3. The van der Waals surface area contributed by atoms with Crippen LogP contribution < -0.4 is 5.32 Å². The second-order valence-corrected chi connectivity index (χ2v) is 3.59. The first kappa shape index (κ1) is 12.3. The molecule has 0 aliphatic heterocycles. The summed E-state index contributed by atoms with van der Waals surface area (Å²) in [6.07, 6.45) is 0. The normalized spacial score (nSPS) is 9.50. The van der Waals surface area contributed by atoms with E-state index in [1.54, 1.807) is 6.07 Å². The number of para-hydroxylation sites is 1. The maximum Gasteiger partial charge on any atom is 0.101 e. The average molecular weight is 216 g/mol. The predicted molar refractivity (Wildman–Crippen MR) is 65.3 cm³/mol. The van der Waals surface area contributed by atoms with E-state index in [4.69, 9.17) is 10.00 Å². The van der Waals surface area contributed by atoms with E-state index in [9.17, 15) is 0 Å². The van der Waals surface area contributed by atoms with Crippen molar-refractivity contribution >= 4 is 5.69 Å².